The Morgan fingerprint density at radius 3 is 2.62 bits per heavy atom. The van der Waals surface area contributed by atoms with Crippen LogP contribution in [0.2, 0.25) is 0 Å². The number of nitrogens with one attached hydrogen (secondary N) is 1. The normalized spacial score (nSPS) is 21.9. The molecule has 0 radical (unpaired) electrons. The predicted molar refractivity (Wildman–Crippen MR) is 73.2 cm³/mol. The van der Waals surface area contributed by atoms with E-state index >= 15 is 0 Å². The summed E-state index contributed by atoms with van der Waals surface area (Å²) in [4.78, 5) is 0. The highest BCUT2D eigenvalue weighted by Crippen LogP contribution is 2.20. The SMILES string of the molecule is CSCC(C)CNC(C)CC1CCOCC1. The maximum atomic E-state index is 5.39. The Balaban J connectivity index is 2.07. The zero-order chi connectivity index (χ0) is 11.8. The van der Waals surface area contributed by atoms with Crippen LogP contribution in [-0.2, 0) is 4.74 Å². The molecule has 0 aromatic heterocycles. The number of hydrogen-bond acceptors (Lipinski definition) is 3. The van der Waals surface area contributed by atoms with Gasteiger partial charge >= 0.3 is 0 Å². The van der Waals surface area contributed by atoms with Gasteiger partial charge in [-0.1, -0.05) is 6.92 Å². The lowest BCUT2D eigenvalue weighted by molar-refractivity contribution is 0.0611. The Bertz CT molecular complexity index is 171. The fourth-order valence-electron chi connectivity index (χ4n) is 2.31. The molecule has 1 saturated heterocycles. The summed E-state index contributed by atoms with van der Waals surface area (Å²) >= 11 is 1.94. The van der Waals surface area contributed by atoms with E-state index in [0.29, 0.717) is 6.04 Å². The van der Waals surface area contributed by atoms with Crippen LogP contribution < -0.4 is 5.32 Å². The van der Waals surface area contributed by atoms with Gasteiger partial charge in [-0.3, -0.25) is 0 Å². The van der Waals surface area contributed by atoms with Gasteiger partial charge in [-0.25, -0.2) is 0 Å². The van der Waals surface area contributed by atoms with Crippen molar-refractivity contribution < 1.29 is 4.74 Å². The third kappa shape index (κ3) is 6.12. The summed E-state index contributed by atoms with van der Waals surface area (Å²) in [5.41, 5.74) is 0. The maximum Gasteiger partial charge on any atom is 0.0468 e. The second-order valence-electron chi connectivity index (χ2n) is 5.16. The molecule has 96 valence electrons. The predicted octanol–water partition coefficient (Wildman–Crippen LogP) is 2.78. The smallest absolute Gasteiger partial charge is 0.0468 e. The molecule has 1 aliphatic heterocycles. The minimum absolute atomic E-state index is 0.660. The minimum atomic E-state index is 0.660. The molecular weight excluding hydrogens is 218 g/mol. The van der Waals surface area contributed by atoms with Gasteiger partial charge in [-0.05, 0) is 56.6 Å². The van der Waals surface area contributed by atoms with Crippen molar-refractivity contribution in [2.24, 2.45) is 11.8 Å². The fraction of sp³-hybridized carbons (Fsp3) is 1.00. The molecule has 1 fully saturated rings. The summed E-state index contributed by atoms with van der Waals surface area (Å²) in [6, 6.07) is 0.660. The second-order valence-corrected chi connectivity index (χ2v) is 6.07. The van der Waals surface area contributed by atoms with Crippen LogP contribution in [0.15, 0.2) is 0 Å². The third-order valence-corrected chi connectivity index (χ3v) is 4.20. The molecule has 16 heavy (non-hydrogen) atoms. The first kappa shape index (κ1) is 14.3. The Morgan fingerprint density at radius 2 is 2.00 bits per heavy atom. The monoisotopic (exact) mass is 245 g/mol. The highest BCUT2D eigenvalue weighted by molar-refractivity contribution is 7.98. The van der Waals surface area contributed by atoms with Crippen molar-refractivity contribution in [3.63, 3.8) is 0 Å². The standard InChI is InChI=1S/C13H27NOS/c1-11(10-16-3)9-14-12(2)8-13-4-6-15-7-5-13/h11-14H,4-10H2,1-3H3. The molecular formula is C13H27NOS. The quantitative estimate of drug-likeness (QED) is 0.745. The Kier molecular flexibility index (Phi) is 7.50. The van der Waals surface area contributed by atoms with Crippen LogP contribution in [-0.4, -0.2) is 37.8 Å². The van der Waals surface area contributed by atoms with Gasteiger partial charge in [0, 0.05) is 19.3 Å². The van der Waals surface area contributed by atoms with Gasteiger partial charge in [0.05, 0.1) is 0 Å². The fourth-order valence-corrected chi connectivity index (χ4v) is 3.00. The average Bonchev–Trinajstić information content (AvgIpc) is 2.28. The Labute approximate surface area is 105 Å². The molecule has 0 bridgehead atoms. The van der Waals surface area contributed by atoms with E-state index in [0.717, 1.165) is 31.6 Å². The molecule has 0 aliphatic carbocycles. The number of rotatable bonds is 7. The van der Waals surface area contributed by atoms with Crippen molar-refractivity contribution in [1.82, 2.24) is 5.32 Å². The molecule has 1 aliphatic rings. The molecule has 0 spiro atoms. The van der Waals surface area contributed by atoms with Gasteiger partial charge < -0.3 is 10.1 Å². The molecule has 0 aromatic carbocycles. The zero-order valence-corrected chi connectivity index (χ0v) is 11.8. The number of thioether (sulfide) groups is 1. The van der Waals surface area contributed by atoms with Crippen molar-refractivity contribution in [3.8, 4) is 0 Å². The largest absolute Gasteiger partial charge is 0.381 e. The van der Waals surface area contributed by atoms with Crippen molar-refractivity contribution in [2.45, 2.75) is 39.2 Å². The molecule has 1 N–H and O–H groups in total. The van der Waals surface area contributed by atoms with E-state index in [4.69, 9.17) is 4.74 Å². The van der Waals surface area contributed by atoms with Crippen molar-refractivity contribution in [2.75, 3.05) is 31.8 Å². The summed E-state index contributed by atoms with van der Waals surface area (Å²) in [7, 11) is 0. The van der Waals surface area contributed by atoms with E-state index in [1.165, 1.54) is 25.0 Å². The van der Waals surface area contributed by atoms with E-state index in [1.807, 2.05) is 11.8 Å². The van der Waals surface area contributed by atoms with Gasteiger partial charge in [-0.15, -0.1) is 0 Å². The van der Waals surface area contributed by atoms with Gasteiger partial charge in [0.15, 0.2) is 0 Å². The lowest BCUT2D eigenvalue weighted by Gasteiger charge is -2.26. The Hall–Kier alpha value is 0.270. The van der Waals surface area contributed by atoms with Crippen LogP contribution in [0.5, 0.6) is 0 Å². The molecule has 0 amide bonds. The van der Waals surface area contributed by atoms with E-state index < -0.39 is 0 Å². The van der Waals surface area contributed by atoms with Crippen LogP contribution >= 0.6 is 11.8 Å². The molecule has 1 rings (SSSR count). The van der Waals surface area contributed by atoms with Crippen LogP contribution in [0, 0.1) is 11.8 Å². The van der Waals surface area contributed by atoms with Gasteiger partial charge in [0.2, 0.25) is 0 Å². The third-order valence-electron chi connectivity index (χ3n) is 3.29. The molecule has 0 saturated carbocycles. The van der Waals surface area contributed by atoms with Gasteiger partial charge in [0.25, 0.3) is 0 Å². The first-order chi connectivity index (χ1) is 7.72. The van der Waals surface area contributed by atoms with Crippen LogP contribution in [0.3, 0.4) is 0 Å². The lowest BCUT2D eigenvalue weighted by atomic mass is 9.93. The second kappa shape index (κ2) is 8.37. The average molecular weight is 245 g/mol. The minimum Gasteiger partial charge on any atom is -0.381 e. The van der Waals surface area contributed by atoms with Gasteiger partial charge in [-0.2, -0.15) is 11.8 Å². The van der Waals surface area contributed by atoms with E-state index in [1.54, 1.807) is 0 Å². The van der Waals surface area contributed by atoms with Crippen molar-refractivity contribution >= 4 is 11.8 Å². The van der Waals surface area contributed by atoms with E-state index in [-0.39, 0.29) is 0 Å². The zero-order valence-electron chi connectivity index (χ0n) is 11.0. The highest BCUT2D eigenvalue weighted by atomic mass is 32.2. The van der Waals surface area contributed by atoms with Gasteiger partial charge in [0.1, 0.15) is 0 Å². The summed E-state index contributed by atoms with van der Waals surface area (Å²) in [5, 5.41) is 3.66. The molecule has 1 heterocycles. The summed E-state index contributed by atoms with van der Waals surface area (Å²) in [6.07, 6.45) is 6.01. The first-order valence-electron chi connectivity index (χ1n) is 6.52. The highest BCUT2D eigenvalue weighted by Gasteiger charge is 2.16. The van der Waals surface area contributed by atoms with E-state index in [9.17, 15) is 0 Å². The van der Waals surface area contributed by atoms with Crippen molar-refractivity contribution in [3.05, 3.63) is 0 Å². The number of hydrogen-bond donors (Lipinski definition) is 1. The summed E-state index contributed by atoms with van der Waals surface area (Å²) in [6.45, 7) is 7.75. The molecule has 2 nitrogen and oxygen atoms in total. The first-order valence-corrected chi connectivity index (χ1v) is 7.91. The van der Waals surface area contributed by atoms with E-state index in [2.05, 4.69) is 25.4 Å². The molecule has 2 atom stereocenters. The Morgan fingerprint density at radius 1 is 1.31 bits per heavy atom. The van der Waals surface area contributed by atoms with Crippen molar-refractivity contribution in [1.29, 1.82) is 0 Å². The molecule has 2 unspecified atom stereocenters. The number of ether oxygens (including phenoxy) is 1. The molecule has 3 heteroatoms. The lowest BCUT2D eigenvalue weighted by Crippen LogP contribution is -2.33. The summed E-state index contributed by atoms with van der Waals surface area (Å²) in [5.74, 6) is 2.93. The van der Waals surface area contributed by atoms with Crippen LogP contribution in [0.4, 0.5) is 0 Å². The topological polar surface area (TPSA) is 21.3 Å². The summed E-state index contributed by atoms with van der Waals surface area (Å²) < 4.78 is 5.39. The molecule has 0 aromatic rings. The van der Waals surface area contributed by atoms with Crippen LogP contribution in [0.25, 0.3) is 0 Å². The van der Waals surface area contributed by atoms with Crippen LogP contribution in [0.1, 0.15) is 33.1 Å². The maximum absolute atomic E-state index is 5.39.